The molecule has 3 nitrogen and oxygen atoms in total. The molecule has 0 saturated carbocycles. The van der Waals surface area contributed by atoms with Gasteiger partial charge in [0.2, 0.25) is 0 Å². The summed E-state index contributed by atoms with van der Waals surface area (Å²) in [6.07, 6.45) is 4.16. The Bertz CT molecular complexity index is 647. The quantitative estimate of drug-likeness (QED) is 0.771. The van der Waals surface area contributed by atoms with Crippen LogP contribution in [0.3, 0.4) is 0 Å². The molecule has 0 spiro atoms. The van der Waals surface area contributed by atoms with E-state index in [-0.39, 0.29) is 5.41 Å². The van der Waals surface area contributed by atoms with Gasteiger partial charge in [0.25, 0.3) is 0 Å². The number of benzene rings is 1. The molecule has 2 aromatic rings. The van der Waals surface area contributed by atoms with E-state index in [1.165, 1.54) is 5.56 Å². The lowest BCUT2D eigenvalue weighted by Gasteiger charge is -2.15. The monoisotopic (exact) mass is 253 g/mol. The average molecular weight is 253 g/mol. The van der Waals surface area contributed by atoms with E-state index in [4.69, 9.17) is 4.74 Å². The van der Waals surface area contributed by atoms with Crippen LogP contribution in [0, 0.1) is 0 Å². The van der Waals surface area contributed by atoms with Crippen molar-refractivity contribution in [3.63, 3.8) is 0 Å². The highest BCUT2D eigenvalue weighted by Crippen LogP contribution is 2.40. The predicted molar refractivity (Wildman–Crippen MR) is 73.6 cm³/mol. The molecule has 19 heavy (non-hydrogen) atoms. The van der Waals surface area contributed by atoms with Crippen molar-refractivity contribution in [1.82, 2.24) is 4.98 Å². The van der Waals surface area contributed by atoms with Gasteiger partial charge in [-0.2, -0.15) is 0 Å². The fraction of sp³-hybridized carbons (Fsp3) is 0.250. The second kappa shape index (κ2) is 4.19. The first-order chi connectivity index (χ1) is 9.10. The molecular weight excluding hydrogens is 238 g/mol. The molecule has 0 fully saturated rings. The average Bonchev–Trinajstić information content (AvgIpc) is 2.74. The van der Waals surface area contributed by atoms with Crippen LogP contribution < -0.4 is 4.74 Å². The molecule has 0 bridgehead atoms. The molecule has 0 saturated heterocycles. The Balaban J connectivity index is 2.09. The number of nitrogens with zero attached hydrogens (tertiary/aromatic N) is 1. The van der Waals surface area contributed by atoms with Gasteiger partial charge in [0.05, 0.1) is 6.61 Å². The highest BCUT2D eigenvalue weighted by atomic mass is 16.5. The summed E-state index contributed by atoms with van der Waals surface area (Å²) >= 11 is 0. The van der Waals surface area contributed by atoms with Crippen molar-refractivity contribution in [2.45, 2.75) is 19.3 Å². The largest absolute Gasteiger partial charge is 0.492 e. The Labute approximate surface area is 112 Å². The molecule has 0 amide bonds. The summed E-state index contributed by atoms with van der Waals surface area (Å²) in [6, 6.07) is 7.98. The third-order valence-electron chi connectivity index (χ3n) is 3.53. The van der Waals surface area contributed by atoms with Crippen molar-refractivity contribution in [3.8, 4) is 16.9 Å². The van der Waals surface area contributed by atoms with E-state index < -0.39 is 0 Å². The Morgan fingerprint density at radius 1 is 1.21 bits per heavy atom. The first-order valence-corrected chi connectivity index (χ1v) is 6.28. The maximum absolute atomic E-state index is 10.8. The van der Waals surface area contributed by atoms with Crippen molar-refractivity contribution < 1.29 is 9.53 Å². The summed E-state index contributed by atoms with van der Waals surface area (Å²) in [5, 5.41) is 0. The lowest BCUT2D eigenvalue weighted by atomic mass is 9.85. The number of rotatable bonds is 2. The second-order valence-corrected chi connectivity index (χ2v) is 5.51. The minimum absolute atomic E-state index is 0.0288. The summed E-state index contributed by atoms with van der Waals surface area (Å²) in [4.78, 5) is 14.9. The van der Waals surface area contributed by atoms with Gasteiger partial charge in [-0.25, -0.2) is 0 Å². The van der Waals surface area contributed by atoms with Gasteiger partial charge >= 0.3 is 0 Å². The Hall–Kier alpha value is -2.16. The van der Waals surface area contributed by atoms with Crippen LogP contribution in [0.4, 0.5) is 0 Å². The standard InChI is InChI=1S/C16H15NO2/c1-16(2)10-19-15-4-3-12(6-14(15)16)13-5-11(9-18)7-17-8-13/h3-9H,10H2,1-2H3. The molecule has 3 heteroatoms. The van der Waals surface area contributed by atoms with E-state index in [1.54, 1.807) is 12.4 Å². The van der Waals surface area contributed by atoms with Crippen molar-refractivity contribution in [3.05, 3.63) is 47.8 Å². The fourth-order valence-electron chi connectivity index (χ4n) is 2.38. The number of pyridine rings is 1. The number of carbonyl (C=O) groups excluding carboxylic acids is 1. The maximum atomic E-state index is 10.8. The normalized spacial score (nSPS) is 15.7. The maximum Gasteiger partial charge on any atom is 0.151 e. The second-order valence-electron chi connectivity index (χ2n) is 5.51. The molecule has 0 atom stereocenters. The highest BCUT2D eigenvalue weighted by Gasteiger charge is 2.31. The first kappa shape index (κ1) is 11.9. The summed E-state index contributed by atoms with van der Waals surface area (Å²) in [5.74, 6) is 0.952. The van der Waals surface area contributed by atoms with Crippen LogP contribution in [-0.2, 0) is 5.41 Å². The van der Waals surface area contributed by atoms with Crippen molar-refractivity contribution in [1.29, 1.82) is 0 Å². The first-order valence-electron chi connectivity index (χ1n) is 6.28. The van der Waals surface area contributed by atoms with Crippen LogP contribution in [0.5, 0.6) is 5.75 Å². The number of fused-ring (bicyclic) bond motifs is 1. The minimum Gasteiger partial charge on any atom is -0.492 e. The van der Waals surface area contributed by atoms with Crippen LogP contribution in [0.25, 0.3) is 11.1 Å². The van der Waals surface area contributed by atoms with Crippen molar-refractivity contribution in [2.75, 3.05) is 6.61 Å². The van der Waals surface area contributed by atoms with E-state index in [0.717, 1.165) is 23.2 Å². The third-order valence-corrected chi connectivity index (χ3v) is 3.53. The van der Waals surface area contributed by atoms with Crippen LogP contribution in [-0.4, -0.2) is 17.9 Å². The number of hydrogen-bond acceptors (Lipinski definition) is 3. The Morgan fingerprint density at radius 3 is 2.84 bits per heavy atom. The number of aldehydes is 1. The topological polar surface area (TPSA) is 39.2 Å². The molecule has 96 valence electrons. The van der Waals surface area contributed by atoms with Gasteiger partial charge in [0, 0.05) is 34.5 Å². The van der Waals surface area contributed by atoms with Gasteiger partial charge in [-0.1, -0.05) is 19.9 Å². The Kier molecular flexibility index (Phi) is 2.63. The van der Waals surface area contributed by atoms with E-state index in [2.05, 4.69) is 24.9 Å². The minimum atomic E-state index is 0.0288. The molecule has 1 aliphatic rings. The van der Waals surface area contributed by atoms with Gasteiger partial charge < -0.3 is 4.74 Å². The van der Waals surface area contributed by atoms with Gasteiger partial charge in [0.15, 0.2) is 6.29 Å². The highest BCUT2D eigenvalue weighted by molar-refractivity contribution is 5.78. The lowest BCUT2D eigenvalue weighted by molar-refractivity contribution is 0.112. The fourth-order valence-corrected chi connectivity index (χ4v) is 2.38. The summed E-state index contributed by atoms with van der Waals surface area (Å²) < 4.78 is 5.68. The van der Waals surface area contributed by atoms with E-state index in [0.29, 0.717) is 12.2 Å². The van der Waals surface area contributed by atoms with Crippen molar-refractivity contribution in [2.24, 2.45) is 0 Å². The van der Waals surface area contributed by atoms with Crippen LogP contribution in [0.1, 0.15) is 29.8 Å². The van der Waals surface area contributed by atoms with Gasteiger partial charge in [-0.05, 0) is 23.8 Å². The number of carbonyl (C=O) groups is 1. The molecule has 0 unspecified atom stereocenters. The third kappa shape index (κ3) is 2.01. The zero-order valence-corrected chi connectivity index (χ0v) is 11.0. The Morgan fingerprint density at radius 2 is 2.05 bits per heavy atom. The molecule has 1 aromatic carbocycles. The number of hydrogen-bond donors (Lipinski definition) is 0. The van der Waals surface area contributed by atoms with Crippen LogP contribution in [0.15, 0.2) is 36.7 Å². The van der Waals surface area contributed by atoms with E-state index in [9.17, 15) is 4.79 Å². The molecule has 0 aliphatic carbocycles. The zero-order chi connectivity index (χ0) is 13.5. The van der Waals surface area contributed by atoms with Crippen LogP contribution in [0.2, 0.25) is 0 Å². The molecule has 1 aliphatic heterocycles. The van der Waals surface area contributed by atoms with E-state index >= 15 is 0 Å². The molecular formula is C16H15NO2. The number of aromatic nitrogens is 1. The van der Waals surface area contributed by atoms with Gasteiger partial charge in [0.1, 0.15) is 5.75 Å². The summed E-state index contributed by atoms with van der Waals surface area (Å²) in [5.41, 5.74) is 3.85. The van der Waals surface area contributed by atoms with Crippen molar-refractivity contribution >= 4 is 6.29 Å². The van der Waals surface area contributed by atoms with Gasteiger partial charge in [-0.3, -0.25) is 9.78 Å². The zero-order valence-electron chi connectivity index (χ0n) is 11.0. The summed E-state index contributed by atoms with van der Waals surface area (Å²) in [6.45, 7) is 5.05. The molecule has 2 heterocycles. The number of ether oxygens (including phenoxy) is 1. The SMILES string of the molecule is CC1(C)COc2ccc(-c3cncc(C=O)c3)cc21. The summed E-state index contributed by atoms with van der Waals surface area (Å²) in [7, 11) is 0. The molecule has 0 radical (unpaired) electrons. The molecule has 1 aromatic heterocycles. The molecule has 0 N–H and O–H groups in total. The predicted octanol–water partition coefficient (Wildman–Crippen LogP) is 3.23. The van der Waals surface area contributed by atoms with Gasteiger partial charge in [-0.15, -0.1) is 0 Å². The smallest absolute Gasteiger partial charge is 0.151 e. The lowest BCUT2D eigenvalue weighted by Crippen LogP contribution is -2.18. The van der Waals surface area contributed by atoms with E-state index in [1.807, 2.05) is 18.2 Å². The van der Waals surface area contributed by atoms with Crippen LogP contribution >= 0.6 is 0 Å². The molecule has 3 rings (SSSR count).